The van der Waals surface area contributed by atoms with Gasteiger partial charge in [0.2, 0.25) is 5.91 Å². The lowest BCUT2D eigenvalue weighted by atomic mass is 10.0. The number of nitrogens with zero attached hydrogens (tertiary/aromatic N) is 2. The largest absolute Gasteiger partial charge is 0.490 e. The van der Waals surface area contributed by atoms with Crippen LogP contribution < -0.4 is 15.4 Å². The van der Waals surface area contributed by atoms with Crippen LogP contribution in [-0.4, -0.2) is 64.7 Å². The van der Waals surface area contributed by atoms with Gasteiger partial charge >= 0.3 is 18.1 Å². The molecule has 240 valence electrons. The van der Waals surface area contributed by atoms with Crippen molar-refractivity contribution in [3.63, 3.8) is 0 Å². The van der Waals surface area contributed by atoms with Crippen LogP contribution in [0.15, 0.2) is 72.8 Å². The number of aryl methyl sites for hydroxylation is 1. The van der Waals surface area contributed by atoms with Crippen LogP contribution >= 0.6 is 0 Å². The number of rotatable bonds is 12. The molecule has 0 spiro atoms. The zero-order valence-electron chi connectivity index (χ0n) is 24.3. The Bertz CT molecular complexity index is 1470. The van der Waals surface area contributed by atoms with Crippen molar-refractivity contribution in [3.05, 3.63) is 89.5 Å². The number of carbonyl (C=O) groups is 4. The summed E-state index contributed by atoms with van der Waals surface area (Å²) in [5.74, 6) is -2.95. The second-order valence-electron chi connectivity index (χ2n) is 10.2. The lowest BCUT2D eigenvalue weighted by Gasteiger charge is -2.23. The average Bonchev–Trinajstić information content (AvgIpc) is 3.09. The quantitative estimate of drug-likeness (QED) is 0.230. The molecule has 10 nitrogen and oxygen atoms in total. The van der Waals surface area contributed by atoms with Gasteiger partial charge in [-0.25, -0.2) is 4.79 Å². The van der Waals surface area contributed by atoms with Crippen molar-refractivity contribution >= 4 is 29.4 Å². The molecule has 0 unspecified atom stereocenters. The van der Waals surface area contributed by atoms with Gasteiger partial charge in [-0.1, -0.05) is 42.8 Å². The number of alkyl halides is 3. The van der Waals surface area contributed by atoms with Crippen molar-refractivity contribution in [1.29, 1.82) is 0 Å². The van der Waals surface area contributed by atoms with E-state index >= 15 is 0 Å². The van der Waals surface area contributed by atoms with Crippen molar-refractivity contribution in [2.75, 3.05) is 24.5 Å². The van der Waals surface area contributed by atoms with E-state index in [1.54, 1.807) is 4.90 Å². The van der Waals surface area contributed by atoms with Gasteiger partial charge in [-0.2, -0.15) is 13.2 Å². The third-order valence-corrected chi connectivity index (χ3v) is 6.75. The molecule has 0 saturated heterocycles. The molecule has 0 bridgehead atoms. The SMILES string of the molecule is NCCCCCc1ccc2c(c1)C(=O)N(CCC(=O)O)CC(=O)N2Cc1ccc(Oc2ccccc2)cc1.O=C(O)C(F)(F)F. The first kappa shape index (κ1) is 34.6. The molecule has 0 saturated carbocycles. The molecule has 0 aromatic heterocycles. The van der Waals surface area contributed by atoms with Crippen LogP contribution in [-0.2, 0) is 27.3 Å². The molecule has 0 fully saturated rings. The Kier molecular flexibility index (Phi) is 12.5. The Morgan fingerprint density at radius 3 is 2.09 bits per heavy atom. The molecule has 4 N–H and O–H groups in total. The molecule has 1 heterocycles. The molecule has 13 heteroatoms. The summed E-state index contributed by atoms with van der Waals surface area (Å²) in [6.07, 6.45) is -1.61. The molecular formula is C32H34F3N3O7. The van der Waals surface area contributed by atoms with Crippen molar-refractivity contribution in [2.24, 2.45) is 5.73 Å². The van der Waals surface area contributed by atoms with Crippen LogP contribution in [0.4, 0.5) is 18.9 Å². The van der Waals surface area contributed by atoms with Crippen LogP contribution in [0.1, 0.15) is 47.2 Å². The van der Waals surface area contributed by atoms with E-state index in [4.69, 9.17) is 25.5 Å². The van der Waals surface area contributed by atoms with Gasteiger partial charge in [-0.15, -0.1) is 0 Å². The van der Waals surface area contributed by atoms with E-state index in [1.807, 2.05) is 72.8 Å². The molecule has 0 aliphatic carbocycles. The number of ether oxygens (including phenoxy) is 1. The van der Waals surface area contributed by atoms with E-state index < -0.39 is 18.1 Å². The molecule has 2 amide bonds. The van der Waals surface area contributed by atoms with Gasteiger partial charge in [0.15, 0.2) is 0 Å². The zero-order chi connectivity index (χ0) is 33.0. The highest BCUT2D eigenvalue weighted by atomic mass is 19.4. The predicted molar refractivity (Wildman–Crippen MR) is 159 cm³/mol. The van der Waals surface area contributed by atoms with Gasteiger partial charge in [0.05, 0.1) is 24.2 Å². The molecule has 3 aromatic rings. The summed E-state index contributed by atoms with van der Waals surface area (Å²) in [7, 11) is 0. The van der Waals surface area contributed by atoms with E-state index in [9.17, 15) is 27.6 Å². The van der Waals surface area contributed by atoms with E-state index in [1.165, 1.54) is 4.90 Å². The number of nitrogens with two attached hydrogens (primary N) is 1. The minimum Gasteiger partial charge on any atom is -0.481 e. The maximum atomic E-state index is 13.5. The molecule has 0 atom stereocenters. The fourth-order valence-corrected chi connectivity index (χ4v) is 4.48. The van der Waals surface area contributed by atoms with Crippen LogP contribution in [0.2, 0.25) is 0 Å². The summed E-state index contributed by atoms with van der Waals surface area (Å²) in [5, 5.41) is 16.3. The topological polar surface area (TPSA) is 150 Å². The fourth-order valence-electron chi connectivity index (χ4n) is 4.48. The molecule has 4 rings (SSSR count). The second-order valence-corrected chi connectivity index (χ2v) is 10.2. The standard InChI is InChI=1S/C30H33N3O5.C2HF3O2/c31-17-6-2-3-7-22-12-15-27-26(19-22)30(37)32(18-16-29(35)36)21-28(34)33(27)20-23-10-13-25(14-11-23)38-24-8-4-1-5-9-24;3-2(4,5)1(6)7/h1,4-5,8-15,19H,2-3,6-7,16-18,20-21,31H2,(H,35,36);(H,6,7). The van der Waals surface area contributed by atoms with E-state index in [0.717, 1.165) is 42.6 Å². The van der Waals surface area contributed by atoms with Crippen LogP contribution in [0.25, 0.3) is 0 Å². The Hall–Kier alpha value is -4.91. The monoisotopic (exact) mass is 629 g/mol. The van der Waals surface area contributed by atoms with Gasteiger partial charge in [0, 0.05) is 6.54 Å². The first-order valence-electron chi connectivity index (χ1n) is 14.2. The van der Waals surface area contributed by atoms with Gasteiger partial charge in [-0.05, 0) is 73.3 Å². The summed E-state index contributed by atoms with van der Waals surface area (Å²) in [4.78, 5) is 49.9. The molecule has 3 aromatic carbocycles. The summed E-state index contributed by atoms with van der Waals surface area (Å²) < 4.78 is 37.6. The number of carboxylic acid groups (broad SMARTS) is 2. The van der Waals surface area contributed by atoms with Gasteiger partial charge in [0.1, 0.15) is 18.0 Å². The minimum absolute atomic E-state index is 0.0283. The fraction of sp³-hybridized carbons (Fsp3) is 0.312. The lowest BCUT2D eigenvalue weighted by molar-refractivity contribution is -0.192. The van der Waals surface area contributed by atoms with Crippen LogP contribution in [0.3, 0.4) is 0 Å². The summed E-state index contributed by atoms with van der Waals surface area (Å²) >= 11 is 0. The first-order chi connectivity index (χ1) is 21.4. The number of hydrogen-bond donors (Lipinski definition) is 3. The molecular weight excluding hydrogens is 595 g/mol. The highest BCUT2D eigenvalue weighted by Crippen LogP contribution is 2.30. The van der Waals surface area contributed by atoms with Crippen molar-refractivity contribution in [1.82, 2.24) is 4.90 Å². The molecule has 0 radical (unpaired) electrons. The zero-order valence-corrected chi connectivity index (χ0v) is 24.3. The smallest absolute Gasteiger partial charge is 0.481 e. The average molecular weight is 630 g/mol. The summed E-state index contributed by atoms with van der Waals surface area (Å²) in [5.41, 5.74) is 8.43. The highest BCUT2D eigenvalue weighted by molar-refractivity contribution is 6.09. The van der Waals surface area contributed by atoms with Gasteiger partial charge in [-0.3, -0.25) is 14.4 Å². The predicted octanol–water partition coefficient (Wildman–Crippen LogP) is 5.25. The third kappa shape index (κ3) is 10.6. The third-order valence-electron chi connectivity index (χ3n) is 6.75. The number of para-hydroxylation sites is 1. The number of hydrogen-bond acceptors (Lipinski definition) is 6. The first-order valence-corrected chi connectivity index (χ1v) is 14.2. The Morgan fingerprint density at radius 1 is 0.867 bits per heavy atom. The number of amides is 2. The molecule has 1 aliphatic heterocycles. The Labute approximate surface area is 257 Å². The lowest BCUT2D eigenvalue weighted by Crippen LogP contribution is -2.40. The van der Waals surface area contributed by atoms with Crippen molar-refractivity contribution in [2.45, 2.75) is 44.8 Å². The Balaban J connectivity index is 0.000000707. The maximum absolute atomic E-state index is 13.5. The van der Waals surface area contributed by atoms with Crippen molar-refractivity contribution < 1.29 is 47.3 Å². The second kappa shape index (κ2) is 16.2. The summed E-state index contributed by atoms with van der Waals surface area (Å²) in [6, 6.07) is 22.6. The van der Waals surface area contributed by atoms with Gasteiger partial charge < -0.3 is 30.5 Å². The normalized spacial score (nSPS) is 13.0. The number of unbranched alkanes of at least 4 members (excludes halogenated alkanes) is 2. The van der Waals surface area contributed by atoms with E-state index in [-0.39, 0.29) is 37.9 Å². The number of benzene rings is 3. The number of aliphatic carboxylic acids is 2. The summed E-state index contributed by atoms with van der Waals surface area (Å²) in [6.45, 7) is 0.715. The highest BCUT2D eigenvalue weighted by Gasteiger charge is 2.38. The van der Waals surface area contributed by atoms with E-state index in [2.05, 4.69) is 0 Å². The number of anilines is 1. The molecule has 45 heavy (non-hydrogen) atoms. The maximum Gasteiger partial charge on any atom is 0.490 e. The van der Waals surface area contributed by atoms with Crippen LogP contribution in [0, 0.1) is 0 Å². The van der Waals surface area contributed by atoms with Gasteiger partial charge in [0.25, 0.3) is 5.91 Å². The van der Waals surface area contributed by atoms with Crippen LogP contribution in [0.5, 0.6) is 11.5 Å². The minimum atomic E-state index is -5.08. The Morgan fingerprint density at radius 2 is 1.49 bits per heavy atom. The van der Waals surface area contributed by atoms with E-state index in [0.29, 0.717) is 23.5 Å². The number of carboxylic acids is 2. The number of fused-ring (bicyclic) bond motifs is 1. The molecule has 1 aliphatic rings. The number of halogens is 3. The van der Waals surface area contributed by atoms with Crippen molar-refractivity contribution in [3.8, 4) is 11.5 Å². The number of carbonyl (C=O) groups excluding carboxylic acids is 2.